The van der Waals surface area contributed by atoms with E-state index in [9.17, 15) is 0 Å². The van der Waals surface area contributed by atoms with Gasteiger partial charge in [-0.3, -0.25) is 4.68 Å². The molecule has 4 heteroatoms. The molecule has 1 aromatic rings. The van der Waals surface area contributed by atoms with Gasteiger partial charge < -0.3 is 10.5 Å². The van der Waals surface area contributed by atoms with E-state index in [1.54, 1.807) is 0 Å². The van der Waals surface area contributed by atoms with Crippen LogP contribution in [0.15, 0.2) is 6.07 Å². The Bertz CT molecular complexity index is 257. The SMILES string of the molecule is CCCOCc1cc(N)nn1CC. The lowest BCUT2D eigenvalue weighted by molar-refractivity contribution is 0.115. The lowest BCUT2D eigenvalue weighted by Gasteiger charge is -2.04. The summed E-state index contributed by atoms with van der Waals surface area (Å²) in [6.07, 6.45) is 1.04. The minimum Gasteiger partial charge on any atom is -0.382 e. The topological polar surface area (TPSA) is 53.1 Å². The Morgan fingerprint density at radius 2 is 2.31 bits per heavy atom. The van der Waals surface area contributed by atoms with Gasteiger partial charge in [-0.2, -0.15) is 5.10 Å². The van der Waals surface area contributed by atoms with Gasteiger partial charge in [0, 0.05) is 19.2 Å². The number of ether oxygens (including phenoxy) is 1. The summed E-state index contributed by atoms with van der Waals surface area (Å²) in [5.41, 5.74) is 6.62. The first-order valence-corrected chi connectivity index (χ1v) is 4.67. The zero-order valence-electron chi connectivity index (χ0n) is 8.29. The van der Waals surface area contributed by atoms with Crippen molar-refractivity contribution < 1.29 is 4.74 Å². The summed E-state index contributed by atoms with van der Waals surface area (Å²) >= 11 is 0. The molecule has 0 bridgehead atoms. The molecule has 1 rings (SSSR count). The Kier molecular flexibility index (Phi) is 3.76. The van der Waals surface area contributed by atoms with Crippen LogP contribution < -0.4 is 5.73 Å². The lowest BCUT2D eigenvalue weighted by atomic mass is 10.4. The van der Waals surface area contributed by atoms with Crippen LogP contribution in [0.4, 0.5) is 5.82 Å². The van der Waals surface area contributed by atoms with Crippen LogP contribution in [0.3, 0.4) is 0 Å². The normalized spacial score (nSPS) is 10.6. The molecule has 2 N–H and O–H groups in total. The Morgan fingerprint density at radius 3 is 2.92 bits per heavy atom. The number of nitrogen functional groups attached to an aromatic ring is 1. The number of anilines is 1. The highest BCUT2D eigenvalue weighted by atomic mass is 16.5. The van der Waals surface area contributed by atoms with Gasteiger partial charge in [0.15, 0.2) is 0 Å². The van der Waals surface area contributed by atoms with Gasteiger partial charge in [-0.05, 0) is 13.3 Å². The molecular weight excluding hydrogens is 166 g/mol. The van der Waals surface area contributed by atoms with Crippen molar-refractivity contribution in [2.24, 2.45) is 0 Å². The quantitative estimate of drug-likeness (QED) is 0.702. The van der Waals surface area contributed by atoms with E-state index in [0.717, 1.165) is 25.3 Å². The Morgan fingerprint density at radius 1 is 1.54 bits per heavy atom. The van der Waals surface area contributed by atoms with Crippen molar-refractivity contribution >= 4 is 5.82 Å². The van der Waals surface area contributed by atoms with Gasteiger partial charge in [0.1, 0.15) is 5.82 Å². The van der Waals surface area contributed by atoms with E-state index in [-0.39, 0.29) is 0 Å². The Balaban J connectivity index is 2.53. The third kappa shape index (κ3) is 2.73. The fourth-order valence-corrected chi connectivity index (χ4v) is 1.19. The number of aryl methyl sites for hydroxylation is 1. The van der Waals surface area contributed by atoms with Crippen molar-refractivity contribution in [1.29, 1.82) is 0 Å². The maximum Gasteiger partial charge on any atom is 0.145 e. The van der Waals surface area contributed by atoms with Gasteiger partial charge in [0.05, 0.1) is 12.3 Å². The van der Waals surface area contributed by atoms with E-state index in [0.29, 0.717) is 12.4 Å². The van der Waals surface area contributed by atoms with E-state index in [1.165, 1.54) is 0 Å². The molecule has 0 aliphatic carbocycles. The van der Waals surface area contributed by atoms with Crippen molar-refractivity contribution in [2.45, 2.75) is 33.4 Å². The smallest absolute Gasteiger partial charge is 0.145 e. The Hall–Kier alpha value is -1.03. The van der Waals surface area contributed by atoms with Crippen LogP contribution in [-0.4, -0.2) is 16.4 Å². The van der Waals surface area contributed by atoms with E-state index in [1.807, 2.05) is 17.7 Å². The third-order valence-electron chi connectivity index (χ3n) is 1.78. The molecule has 0 atom stereocenters. The predicted molar refractivity (Wildman–Crippen MR) is 52.3 cm³/mol. The second-order valence-corrected chi connectivity index (χ2v) is 2.93. The molecular formula is C9H17N3O. The van der Waals surface area contributed by atoms with Crippen LogP contribution in [0, 0.1) is 0 Å². The molecule has 0 amide bonds. The number of nitrogens with zero attached hydrogens (tertiary/aromatic N) is 2. The largest absolute Gasteiger partial charge is 0.382 e. The molecule has 4 nitrogen and oxygen atoms in total. The molecule has 0 unspecified atom stereocenters. The summed E-state index contributed by atoms with van der Waals surface area (Å²) in [5, 5.41) is 4.12. The van der Waals surface area contributed by atoms with Gasteiger partial charge >= 0.3 is 0 Å². The van der Waals surface area contributed by atoms with Crippen molar-refractivity contribution in [2.75, 3.05) is 12.3 Å². The minimum atomic E-state index is 0.567. The lowest BCUT2D eigenvalue weighted by Crippen LogP contribution is -2.05. The second-order valence-electron chi connectivity index (χ2n) is 2.93. The molecule has 1 heterocycles. The van der Waals surface area contributed by atoms with Crippen molar-refractivity contribution in [3.8, 4) is 0 Å². The maximum atomic E-state index is 5.57. The van der Waals surface area contributed by atoms with E-state index in [2.05, 4.69) is 12.0 Å². The van der Waals surface area contributed by atoms with Crippen molar-refractivity contribution in [3.05, 3.63) is 11.8 Å². The molecule has 74 valence electrons. The summed E-state index contributed by atoms with van der Waals surface area (Å²) in [6.45, 7) is 6.35. The summed E-state index contributed by atoms with van der Waals surface area (Å²) in [5.74, 6) is 0.567. The molecule has 0 saturated carbocycles. The predicted octanol–water partition coefficient (Wildman–Crippen LogP) is 1.41. The number of hydrogen-bond acceptors (Lipinski definition) is 3. The van der Waals surface area contributed by atoms with Crippen molar-refractivity contribution in [1.82, 2.24) is 9.78 Å². The van der Waals surface area contributed by atoms with Crippen LogP contribution in [0.5, 0.6) is 0 Å². The summed E-state index contributed by atoms with van der Waals surface area (Å²) in [6, 6.07) is 1.86. The monoisotopic (exact) mass is 183 g/mol. The average Bonchev–Trinajstić information content (AvgIpc) is 2.47. The number of hydrogen-bond donors (Lipinski definition) is 1. The standard InChI is InChI=1S/C9H17N3O/c1-3-5-13-7-8-6-9(10)11-12(8)4-2/h6H,3-5,7H2,1-2H3,(H2,10,11). The fourth-order valence-electron chi connectivity index (χ4n) is 1.19. The van der Waals surface area contributed by atoms with E-state index < -0.39 is 0 Å². The van der Waals surface area contributed by atoms with Gasteiger partial charge in [-0.15, -0.1) is 0 Å². The number of nitrogens with two attached hydrogens (primary N) is 1. The number of aromatic nitrogens is 2. The van der Waals surface area contributed by atoms with Crippen LogP contribution in [0.2, 0.25) is 0 Å². The van der Waals surface area contributed by atoms with Gasteiger partial charge in [-0.25, -0.2) is 0 Å². The van der Waals surface area contributed by atoms with Crippen LogP contribution >= 0.6 is 0 Å². The van der Waals surface area contributed by atoms with Gasteiger partial charge in [-0.1, -0.05) is 6.92 Å². The molecule has 1 aromatic heterocycles. The van der Waals surface area contributed by atoms with E-state index >= 15 is 0 Å². The molecule has 0 aliphatic heterocycles. The highest BCUT2D eigenvalue weighted by Crippen LogP contribution is 2.07. The summed E-state index contributed by atoms with van der Waals surface area (Å²) < 4.78 is 7.27. The van der Waals surface area contributed by atoms with Crippen LogP contribution in [0.25, 0.3) is 0 Å². The van der Waals surface area contributed by atoms with Crippen molar-refractivity contribution in [3.63, 3.8) is 0 Å². The first kappa shape index (κ1) is 10.1. The maximum absolute atomic E-state index is 5.57. The molecule has 0 radical (unpaired) electrons. The highest BCUT2D eigenvalue weighted by Gasteiger charge is 2.03. The minimum absolute atomic E-state index is 0.567. The first-order chi connectivity index (χ1) is 6.27. The zero-order chi connectivity index (χ0) is 9.68. The second kappa shape index (κ2) is 4.87. The molecule has 0 fully saturated rings. The third-order valence-corrected chi connectivity index (χ3v) is 1.78. The number of rotatable bonds is 5. The van der Waals surface area contributed by atoms with Gasteiger partial charge in [0.2, 0.25) is 0 Å². The average molecular weight is 183 g/mol. The summed E-state index contributed by atoms with van der Waals surface area (Å²) in [7, 11) is 0. The van der Waals surface area contributed by atoms with Crippen LogP contribution in [0.1, 0.15) is 26.0 Å². The molecule has 0 aliphatic rings. The molecule has 0 saturated heterocycles. The fraction of sp³-hybridized carbons (Fsp3) is 0.667. The summed E-state index contributed by atoms with van der Waals surface area (Å²) in [4.78, 5) is 0. The van der Waals surface area contributed by atoms with E-state index in [4.69, 9.17) is 10.5 Å². The zero-order valence-corrected chi connectivity index (χ0v) is 8.29. The molecule has 13 heavy (non-hydrogen) atoms. The Labute approximate surface area is 78.7 Å². The first-order valence-electron chi connectivity index (χ1n) is 4.67. The van der Waals surface area contributed by atoms with Crippen LogP contribution in [-0.2, 0) is 17.9 Å². The van der Waals surface area contributed by atoms with Gasteiger partial charge in [0.25, 0.3) is 0 Å². The molecule has 0 aromatic carbocycles. The highest BCUT2D eigenvalue weighted by molar-refractivity contribution is 5.29. The molecule has 0 spiro atoms.